The molecule has 0 saturated carbocycles. The van der Waals surface area contributed by atoms with Crippen LogP contribution in [-0.4, -0.2) is 12.5 Å². The second kappa shape index (κ2) is 5.25. The van der Waals surface area contributed by atoms with Crippen LogP contribution in [0.15, 0.2) is 18.2 Å². The second-order valence-electron chi connectivity index (χ2n) is 3.95. The molecule has 0 aliphatic heterocycles. The molecular weight excluding hydrogens is 212 g/mol. The SMILES string of the molecule is CCc1ccc(COCC(C)(F)F)c(N)c1. The minimum Gasteiger partial charge on any atom is -0.398 e. The molecule has 2 nitrogen and oxygen atoms in total. The van der Waals surface area contributed by atoms with Gasteiger partial charge in [-0.2, -0.15) is 0 Å². The number of hydrogen-bond acceptors (Lipinski definition) is 2. The van der Waals surface area contributed by atoms with Gasteiger partial charge in [-0.05, 0) is 18.1 Å². The van der Waals surface area contributed by atoms with Gasteiger partial charge >= 0.3 is 0 Å². The van der Waals surface area contributed by atoms with Gasteiger partial charge in [-0.1, -0.05) is 19.1 Å². The average molecular weight is 229 g/mol. The molecule has 0 atom stereocenters. The molecule has 0 aliphatic rings. The number of hydrogen-bond donors (Lipinski definition) is 1. The van der Waals surface area contributed by atoms with Crippen molar-refractivity contribution in [2.45, 2.75) is 32.8 Å². The monoisotopic (exact) mass is 229 g/mol. The Morgan fingerprint density at radius 1 is 1.38 bits per heavy atom. The van der Waals surface area contributed by atoms with Gasteiger partial charge in [0.1, 0.15) is 6.61 Å². The molecule has 0 bridgehead atoms. The molecule has 0 aromatic heterocycles. The van der Waals surface area contributed by atoms with E-state index >= 15 is 0 Å². The highest BCUT2D eigenvalue weighted by Gasteiger charge is 2.21. The zero-order valence-corrected chi connectivity index (χ0v) is 9.59. The van der Waals surface area contributed by atoms with E-state index in [1.54, 1.807) is 0 Å². The second-order valence-corrected chi connectivity index (χ2v) is 3.95. The van der Waals surface area contributed by atoms with Crippen molar-refractivity contribution in [1.82, 2.24) is 0 Å². The number of anilines is 1. The Morgan fingerprint density at radius 2 is 2.06 bits per heavy atom. The van der Waals surface area contributed by atoms with Gasteiger partial charge in [0.2, 0.25) is 0 Å². The van der Waals surface area contributed by atoms with E-state index in [1.807, 2.05) is 25.1 Å². The molecular formula is C12H17F2NO. The predicted octanol–water partition coefficient (Wildman–Crippen LogP) is 3.00. The third kappa shape index (κ3) is 4.14. The highest BCUT2D eigenvalue weighted by molar-refractivity contribution is 5.48. The van der Waals surface area contributed by atoms with Gasteiger partial charge in [-0.3, -0.25) is 0 Å². The maximum absolute atomic E-state index is 12.5. The molecule has 1 rings (SSSR count). The van der Waals surface area contributed by atoms with Crippen LogP contribution in [-0.2, 0) is 17.8 Å². The van der Waals surface area contributed by atoms with E-state index < -0.39 is 12.5 Å². The largest absolute Gasteiger partial charge is 0.398 e. The Morgan fingerprint density at radius 3 is 2.56 bits per heavy atom. The summed E-state index contributed by atoms with van der Waals surface area (Å²) in [6.45, 7) is 2.40. The maximum Gasteiger partial charge on any atom is 0.268 e. The van der Waals surface area contributed by atoms with Gasteiger partial charge in [0, 0.05) is 18.2 Å². The molecule has 2 N–H and O–H groups in total. The van der Waals surface area contributed by atoms with Crippen LogP contribution in [0, 0.1) is 0 Å². The normalized spacial score (nSPS) is 11.8. The Balaban J connectivity index is 2.55. The highest BCUT2D eigenvalue weighted by atomic mass is 19.3. The first-order valence-electron chi connectivity index (χ1n) is 5.25. The Bertz CT molecular complexity index is 347. The van der Waals surface area contributed by atoms with Crippen molar-refractivity contribution in [3.63, 3.8) is 0 Å². The molecule has 0 amide bonds. The zero-order chi connectivity index (χ0) is 12.2. The van der Waals surface area contributed by atoms with Crippen molar-refractivity contribution in [3.8, 4) is 0 Å². The van der Waals surface area contributed by atoms with E-state index in [1.165, 1.54) is 0 Å². The molecule has 1 aromatic carbocycles. The molecule has 90 valence electrons. The lowest BCUT2D eigenvalue weighted by Gasteiger charge is -2.12. The number of halogens is 2. The third-order valence-electron chi connectivity index (χ3n) is 2.23. The lowest BCUT2D eigenvalue weighted by atomic mass is 10.1. The summed E-state index contributed by atoms with van der Waals surface area (Å²) in [5.74, 6) is -2.79. The van der Waals surface area contributed by atoms with Crippen molar-refractivity contribution in [2.75, 3.05) is 12.3 Å². The first kappa shape index (κ1) is 12.9. The smallest absolute Gasteiger partial charge is 0.268 e. The van der Waals surface area contributed by atoms with E-state index in [0.29, 0.717) is 5.69 Å². The van der Waals surface area contributed by atoms with Crippen LogP contribution in [0.5, 0.6) is 0 Å². The molecule has 0 heterocycles. The van der Waals surface area contributed by atoms with Crippen LogP contribution in [0.2, 0.25) is 0 Å². The van der Waals surface area contributed by atoms with E-state index in [-0.39, 0.29) is 6.61 Å². The number of ether oxygens (including phenoxy) is 1. The molecule has 0 saturated heterocycles. The molecule has 0 aliphatic carbocycles. The summed E-state index contributed by atoms with van der Waals surface area (Å²) in [7, 11) is 0. The minimum atomic E-state index is -2.79. The van der Waals surface area contributed by atoms with Crippen LogP contribution >= 0.6 is 0 Å². The van der Waals surface area contributed by atoms with Crippen LogP contribution in [0.25, 0.3) is 0 Å². The fraction of sp³-hybridized carbons (Fsp3) is 0.500. The fourth-order valence-corrected chi connectivity index (χ4v) is 1.34. The predicted molar refractivity (Wildman–Crippen MR) is 60.5 cm³/mol. The summed E-state index contributed by atoms with van der Waals surface area (Å²) in [5, 5.41) is 0. The van der Waals surface area contributed by atoms with Crippen molar-refractivity contribution in [1.29, 1.82) is 0 Å². The quantitative estimate of drug-likeness (QED) is 0.788. The van der Waals surface area contributed by atoms with Crippen LogP contribution in [0.4, 0.5) is 14.5 Å². The Kier molecular flexibility index (Phi) is 4.24. The lowest BCUT2D eigenvalue weighted by molar-refractivity contribution is -0.0672. The summed E-state index contributed by atoms with van der Waals surface area (Å²) in [6, 6.07) is 5.60. The molecule has 0 radical (unpaired) electrons. The first-order chi connectivity index (χ1) is 7.42. The third-order valence-corrected chi connectivity index (χ3v) is 2.23. The molecule has 1 aromatic rings. The number of alkyl halides is 2. The van der Waals surface area contributed by atoms with Gasteiger partial charge in [-0.15, -0.1) is 0 Å². The van der Waals surface area contributed by atoms with Gasteiger partial charge in [0.15, 0.2) is 0 Å². The molecule has 16 heavy (non-hydrogen) atoms. The van der Waals surface area contributed by atoms with E-state index in [4.69, 9.17) is 10.5 Å². The summed E-state index contributed by atoms with van der Waals surface area (Å²) in [4.78, 5) is 0. The van der Waals surface area contributed by atoms with Gasteiger partial charge in [0.25, 0.3) is 5.92 Å². The number of aryl methyl sites for hydroxylation is 1. The maximum atomic E-state index is 12.5. The Hall–Kier alpha value is -1.16. The standard InChI is InChI=1S/C12H17F2NO/c1-3-9-4-5-10(11(15)6-9)7-16-8-12(2,13)14/h4-6H,3,7-8,15H2,1-2H3. The van der Waals surface area contributed by atoms with Crippen LogP contribution in [0.1, 0.15) is 25.0 Å². The summed E-state index contributed by atoms with van der Waals surface area (Å²) < 4.78 is 29.9. The summed E-state index contributed by atoms with van der Waals surface area (Å²) in [6.07, 6.45) is 0.901. The van der Waals surface area contributed by atoms with Crippen molar-refractivity contribution in [2.24, 2.45) is 0 Å². The van der Waals surface area contributed by atoms with E-state index in [2.05, 4.69) is 0 Å². The van der Waals surface area contributed by atoms with Crippen molar-refractivity contribution >= 4 is 5.69 Å². The highest BCUT2D eigenvalue weighted by Crippen LogP contribution is 2.18. The van der Waals surface area contributed by atoms with Gasteiger partial charge < -0.3 is 10.5 Å². The zero-order valence-electron chi connectivity index (χ0n) is 9.59. The molecule has 4 heteroatoms. The number of benzene rings is 1. The number of nitrogen functional groups attached to an aromatic ring is 1. The Labute approximate surface area is 94.4 Å². The van der Waals surface area contributed by atoms with E-state index in [0.717, 1.165) is 24.5 Å². The number of rotatable bonds is 5. The van der Waals surface area contributed by atoms with Crippen LogP contribution < -0.4 is 5.73 Å². The molecule has 0 fully saturated rings. The van der Waals surface area contributed by atoms with Gasteiger partial charge in [0.05, 0.1) is 6.61 Å². The van der Waals surface area contributed by atoms with Gasteiger partial charge in [-0.25, -0.2) is 8.78 Å². The number of nitrogens with two attached hydrogens (primary N) is 1. The first-order valence-corrected chi connectivity index (χ1v) is 5.25. The average Bonchev–Trinajstić information content (AvgIpc) is 2.18. The lowest BCUT2D eigenvalue weighted by Crippen LogP contribution is -2.18. The molecule has 0 spiro atoms. The fourth-order valence-electron chi connectivity index (χ4n) is 1.34. The molecule has 0 unspecified atom stereocenters. The van der Waals surface area contributed by atoms with Crippen LogP contribution in [0.3, 0.4) is 0 Å². The summed E-state index contributed by atoms with van der Waals surface area (Å²) >= 11 is 0. The minimum absolute atomic E-state index is 0.124. The summed E-state index contributed by atoms with van der Waals surface area (Å²) in [5.41, 5.74) is 8.25. The van der Waals surface area contributed by atoms with E-state index in [9.17, 15) is 8.78 Å². The van der Waals surface area contributed by atoms with Crippen molar-refractivity contribution in [3.05, 3.63) is 29.3 Å². The topological polar surface area (TPSA) is 35.2 Å². The van der Waals surface area contributed by atoms with Crippen molar-refractivity contribution < 1.29 is 13.5 Å².